The van der Waals surface area contributed by atoms with Gasteiger partial charge in [0.1, 0.15) is 29.4 Å². The summed E-state index contributed by atoms with van der Waals surface area (Å²) in [6.07, 6.45) is -0.456. The molecule has 1 N–H and O–H groups in total. The van der Waals surface area contributed by atoms with Crippen LogP contribution in [0.3, 0.4) is 0 Å². The largest absolute Gasteiger partial charge is 0.358 e. The summed E-state index contributed by atoms with van der Waals surface area (Å²) in [6.45, 7) is 0. The Labute approximate surface area is 378 Å². The van der Waals surface area contributed by atoms with Crippen molar-refractivity contribution >= 4 is 11.4 Å². The molecule has 1 aromatic heterocycles. The molecule has 0 radical (unpaired) electrons. The first-order chi connectivity index (χ1) is 32.1. The van der Waals surface area contributed by atoms with Crippen molar-refractivity contribution in [3.05, 3.63) is 281 Å². The van der Waals surface area contributed by atoms with Gasteiger partial charge >= 0.3 is 0 Å². The van der Waals surface area contributed by atoms with Crippen LogP contribution < -0.4 is 5.32 Å². The first-order valence-electron chi connectivity index (χ1n) is 21.5. The molecule has 2 heterocycles. The topological polar surface area (TPSA) is 97.8 Å². The zero-order chi connectivity index (χ0) is 44.0. The molecule has 0 spiro atoms. The fourth-order valence-corrected chi connectivity index (χ4v) is 8.93. The van der Waals surface area contributed by atoms with Crippen LogP contribution in [-0.4, -0.2) is 15.7 Å². The Balaban J connectivity index is 1.11. The van der Waals surface area contributed by atoms with E-state index in [1.165, 1.54) is 0 Å². The van der Waals surface area contributed by atoms with Gasteiger partial charge in [0.05, 0.1) is 28.2 Å². The summed E-state index contributed by atoms with van der Waals surface area (Å²) in [7, 11) is 0. The second kappa shape index (κ2) is 17.8. The van der Waals surface area contributed by atoms with Crippen molar-refractivity contribution in [2.24, 2.45) is 4.99 Å². The van der Waals surface area contributed by atoms with Crippen LogP contribution in [0.15, 0.2) is 241 Å². The molecule has 6 nitrogen and oxygen atoms in total. The van der Waals surface area contributed by atoms with E-state index in [0.29, 0.717) is 34.1 Å². The highest BCUT2D eigenvalue weighted by atomic mass is 15.1. The van der Waals surface area contributed by atoms with Gasteiger partial charge in [-0.3, -0.25) is 4.99 Å². The van der Waals surface area contributed by atoms with Crippen molar-refractivity contribution < 1.29 is 0 Å². The van der Waals surface area contributed by atoms with E-state index < -0.39 is 11.6 Å². The number of hydrogen-bond acceptors (Lipinski definition) is 6. The number of nitriles is 2. The van der Waals surface area contributed by atoms with Gasteiger partial charge < -0.3 is 5.32 Å². The summed E-state index contributed by atoms with van der Waals surface area (Å²) < 4.78 is 0. The molecule has 10 rings (SSSR count). The van der Waals surface area contributed by atoms with Gasteiger partial charge in [-0.15, -0.1) is 0 Å². The first-order valence-corrected chi connectivity index (χ1v) is 21.5. The summed E-state index contributed by atoms with van der Waals surface area (Å²) in [5.74, 6) is 0.529. The third kappa shape index (κ3) is 7.56. The van der Waals surface area contributed by atoms with E-state index >= 15 is 0 Å². The number of benzene rings is 8. The number of nitrogens with one attached hydrogen (secondary N) is 1. The number of allylic oxidation sites excluding steroid dienone is 1. The van der Waals surface area contributed by atoms with Crippen LogP contribution >= 0.6 is 0 Å². The molecule has 0 fully saturated rings. The maximum atomic E-state index is 10.5. The van der Waals surface area contributed by atoms with Crippen molar-refractivity contribution in [2.75, 3.05) is 0 Å². The molecule has 0 amide bonds. The molecule has 8 aromatic carbocycles. The maximum Gasteiger partial charge on any atom is 0.160 e. The van der Waals surface area contributed by atoms with Gasteiger partial charge in [-0.25, -0.2) is 9.97 Å². The third-order valence-corrected chi connectivity index (χ3v) is 12.0. The van der Waals surface area contributed by atoms with E-state index in [4.69, 9.17) is 15.0 Å². The lowest BCUT2D eigenvalue weighted by Gasteiger charge is -2.37. The lowest BCUT2D eigenvalue weighted by molar-refractivity contribution is 0.659. The number of nitrogens with zero attached hydrogens (tertiary/aromatic N) is 5. The second-order valence-electron chi connectivity index (χ2n) is 15.8. The number of hydrogen-bond donors (Lipinski definition) is 1. The number of aromatic nitrogens is 2. The van der Waals surface area contributed by atoms with Gasteiger partial charge in [0, 0.05) is 22.3 Å². The Hall–Kier alpha value is -8.97. The van der Waals surface area contributed by atoms with E-state index in [2.05, 4.69) is 115 Å². The predicted molar refractivity (Wildman–Crippen MR) is 259 cm³/mol. The van der Waals surface area contributed by atoms with Crippen molar-refractivity contribution in [3.63, 3.8) is 0 Å². The van der Waals surface area contributed by atoms with Gasteiger partial charge in [-0.1, -0.05) is 231 Å². The molecule has 0 saturated carbocycles. The monoisotopic (exact) mass is 832 g/mol. The minimum Gasteiger partial charge on any atom is -0.358 e. The Kier molecular flexibility index (Phi) is 11.0. The van der Waals surface area contributed by atoms with E-state index in [9.17, 15) is 10.5 Å². The molecule has 65 heavy (non-hydrogen) atoms. The van der Waals surface area contributed by atoms with Gasteiger partial charge in [0.2, 0.25) is 0 Å². The zero-order valence-electron chi connectivity index (χ0n) is 35.3. The molecule has 0 bridgehead atoms. The molecule has 0 aliphatic carbocycles. The van der Waals surface area contributed by atoms with Crippen LogP contribution in [0.1, 0.15) is 50.7 Å². The third-order valence-electron chi connectivity index (χ3n) is 12.0. The zero-order valence-corrected chi connectivity index (χ0v) is 35.3. The maximum absolute atomic E-state index is 10.5. The van der Waals surface area contributed by atoms with Gasteiger partial charge in [-0.2, -0.15) is 10.5 Å². The highest BCUT2D eigenvalue weighted by molar-refractivity contribution is 6.19. The van der Waals surface area contributed by atoms with Crippen molar-refractivity contribution in [3.8, 4) is 46.0 Å². The summed E-state index contributed by atoms with van der Waals surface area (Å²) in [5, 5.41) is 24.7. The van der Waals surface area contributed by atoms with Crippen LogP contribution in [0.5, 0.6) is 0 Å². The molecule has 9 aromatic rings. The Morgan fingerprint density at radius 2 is 0.800 bits per heavy atom. The summed E-state index contributed by atoms with van der Waals surface area (Å²) in [6, 6.07) is 82.9. The number of aliphatic imine (C=N–C) groups is 1. The summed E-state index contributed by atoms with van der Waals surface area (Å²) in [5.41, 5.74) is 12.4. The lowest BCUT2D eigenvalue weighted by atomic mass is 9.65. The normalized spacial score (nSPS) is 13.5. The van der Waals surface area contributed by atoms with Crippen molar-refractivity contribution in [1.29, 1.82) is 10.5 Å². The molecule has 1 aliphatic heterocycles. The van der Waals surface area contributed by atoms with Crippen LogP contribution in [0, 0.1) is 22.7 Å². The average Bonchev–Trinajstić information content (AvgIpc) is 3.40. The fourth-order valence-electron chi connectivity index (χ4n) is 8.93. The smallest absolute Gasteiger partial charge is 0.160 e. The molecule has 1 atom stereocenters. The molecular formula is C59H40N6. The van der Waals surface area contributed by atoms with Crippen molar-refractivity contribution in [1.82, 2.24) is 15.3 Å². The summed E-state index contributed by atoms with van der Waals surface area (Å²) in [4.78, 5) is 15.4. The molecular weight excluding hydrogens is 793 g/mol. The second-order valence-corrected chi connectivity index (χ2v) is 15.8. The van der Waals surface area contributed by atoms with Crippen LogP contribution in [0.25, 0.3) is 39.6 Å². The first kappa shape index (κ1) is 40.1. The minimum absolute atomic E-state index is 0.432. The average molecular weight is 833 g/mol. The number of rotatable bonds is 10. The van der Waals surface area contributed by atoms with E-state index in [1.807, 2.05) is 133 Å². The van der Waals surface area contributed by atoms with Gasteiger partial charge in [-0.05, 0) is 33.4 Å². The lowest BCUT2D eigenvalue weighted by Crippen LogP contribution is -2.31. The molecule has 1 aliphatic rings. The standard InChI is InChI=1S/C59H40N6/c60-39-51-53(41-19-7-1-8-20-41)62-57(63-54(51)42-21-9-2-10-22-42)45-31-35-49(36-32-45)59(47-27-15-5-16-28-47,48-29-17-6-18-30-48)50-37-33-46(34-38-50)58-64-55(43-23-11-3-12-24-43)52(40-61)56(65-58)44-25-13-4-14-26-44/h1-38,57,62H. The van der Waals surface area contributed by atoms with Crippen molar-refractivity contribution in [2.45, 2.75) is 11.6 Å². The van der Waals surface area contributed by atoms with Gasteiger partial charge in [0.15, 0.2) is 5.82 Å². The van der Waals surface area contributed by atoms with Gasteiger partial charge in [0.25, 0.3) is 0 Å². The Morgan fingerprint density at radius 1 is 0.400 bits per heavy atom. The predicted octanol–water partition coefficient (Wildman–Crippen LogP) is 12.8. The Bertz CT molecular complexity index is 3150. The molecule has 1 unspecified atom stereocenters. The highest BCUT2D eigenvalue weighted by Gasteiger charge is 2.39. The Morgan fingerprint density at radius 3 is 1.25 bits per heavy atom. The molecule has 306 valence electrons. The summed E-state index contributed by atoms with van der Waals surface area (Å²) >= 11 is 0. The van der Waals surface area contributed by atoms with Crippen LogP contribution in [0.4, 0.5) is 0 Å². The highest BCUT2D eigenvalue weighted by Crippen LogP contribution is 2.46. The van der Waals surface area contributed by atoms with Crippen LogP contribution in [-0.2, 0) is 5.41 Å². The fraction of sp³-hybridized carbons (Fsp3) is 0.0339. The van der Waals surface area contributed by atoms with E-state index in [1.54, 1.807) is 0 Å². The molecule has 6 heteroatoms. The minimum atomic E-state index is -0.739. The van der Waals surface area contributed by atoms with Crippen LogP contribution in [0.2, 0.25) is 0 Å². The van der Waals surface area contributed by atoms with E-state index in [0.717, 1.165) is 61.3 Å². The molecule has 0 saturated heterocycles. The quantitative estimate of drug-likeness (QED) is 0.138. The SMILES string of the molecule is N#CC1=C(c2ccccc2)NC(c2ccc(C(c3ccccc3)(c3ccccc3)c3ccc(-c4nc(-c5ccccc5)c(C#N)c(-c5ccccc5)n4)cc3)cc2)N=C1c1ccccc1. The van der Waals surface area contributed by atoms with E-state index in [-0.39, 0.29) is 0 Å².